The summed E-state index contributed by atoms with van der Waals surface area (Å²) in [6, 6.07) is 0. The molecule has 1 atom stereocenters. The van der Waals surface area contributed by atoms with E-state index in [0.717, 1.165) is 0 Å². The molecule has 1 aliphatic carbocycles. The second-order valence-electron chi connectivity index (χ2n) is 6.16. The van der Waals surface area contributed by atoms with Gasteiger partial charge in [0.25, 0.3) is 0 Å². The van der Waals surface area contributed by atoms with Gasteiger partial charge in [-0.15, -0.1) is 5.76 Å². The number of ketones is 1. The summed E-state index contributed by atoms with van der Waals surface area (Å²) < 4.78 is 4.75. The van der Waals surface area contributed by atoms with Crippen molar-refractivity contribution in [2.45, 2.75) is 40.0 Å². The first-order valence-corrected chi connectivity index (χ1v) is 7.62. The predicted molar refractivity (Wildman–Crippen MR) is 84.4 cm³/mol. The van der Waals surface area contributed by atoms with Gasteiger partial charge in [-0.1, -0.05) is 45.0 Å². The normalized spacial score (nSPS) is 20.2. The van der Waals surface area contributed by atoms with Crippen LogP contribution in [0, 0.1) is 11.3 Å². The molecular formula is C17H24NNaO5. The van der Waals surface area contributed by atoms with E-state index < -0.39 is 23.1 Å². The zero-order valence-electron chi connectivity index (χ0n) is 15.2. The van der Waals surface area contributed by atoms with E-state index in [9.17, 15) is 14.7 Å². The van der Waals surface area contributed by atoms with Gasteiger partial charge in [0.1, 0.15) is 12.5 Å². The quantitative estimate of drug-likeness (QED) is 0.109. The first-order valence-electron chi connectivity index (χ1n) is 7.62. The largest absolute Gasteiger partial charge is 1.00 e. The molecule has 24 heavy (non-hydrogen) atoms. The summed E-state index contributed by atoms with van der Waals surface area (Å²) in [4.78, 5) is 29.9. The number of methoxy groups -OCH3 is 1. The van der Waals surface area contributed by atoms with E-state index in [1.807, 2.05) is 6.92 Å². The van der Waals surface area contributed by atoms with Crippen molar-refractivity contribution >= 4 is 17.5 Å². The topological polar surface area (TPSA) is 88.0 Å². The van der Waals surface area contributed by atoms with Gasteiger partial charge in [0.05, 0.1) is 12.8 Å². The fraction of sp³-hybridized carbons (Fsp3) is 0.588. The van der Waals surface area contributed by atoms with E-state index in [-0.39, 0.29) is 59.6 Å². The monoisotopic (exact) mass is 345 g/mol. The van der Waals surface area contributed by atoms with Gasteiger partial charge < -0.3 is 14.7 Å². The molecule has 0 amide bonds. The number of nitrogens with zero attached hydrogens (tertiary/aromatic N) is 1. The molecule has 0 radical (unpaired) electrons. The number of esters is 1. The van der Waals surface area contributed by atoms with Gasteiger partial charge in [-0.25, -0.2) is 0 Å². The molecule has 0 aromatic heterocycles. The van der Waals surface area contributed by atoms with Gasteiger partial charge in [0.2, 0.25) is 0 Å². The predicted octanol–water partition coefficient (Wildman–Crippen LogP) is -1.25. The van der Waals surface area contributed by atoms with Crippen LogP contribution in [0.1, 0.15) is 40.0 Å². The third kappa shape index (κ3) is 5.19. The molecule has 0 saturated carbocycles. The average molecular weight is 345 g/mol. The molecule has 0 saturated heterocycles. The van der Waals surface area contributed by atoms with Crippen LogP contribution in [-0.2, 0) is 19.2 Å². The molecule has 0 spiro atoms. The van der Waals surface area contributed by atoms with Crippen molar-refractivity contribution in [2.24, 2.45) is 16.5 Å². The minimum absolute atomic E-state index is 0. The van der Waals surface area contributed by atoms with E-state index in [4.69, 9.17) is 9.57 Å². The summed E-state index contributed by atoms with van der Waals surface area (Å²) in [5, 5.41) is 16.4. The van der Waals surface area contributed by atoms with Crippen molar-refractivity contribution in [1.82, 2.24) is 0 Å². The Morgan fingerprint density at radius 3 is 2.62 bits per heavy atom. The van der Waals surface area contributed by atoms with Crippen molar-refractivity contribution in [1.29, 1.82) is 0 Å². The molecule has 1 aliphatic rings. The summed E-state index contributed by atoms with van der Waals surface area (Å²) in [6.07, 6.45) is 2.70. The van der Waals surface area contributed by atoms with Gasteiger partial charge in [-0.2, -0.15) is 0 Å². The second-order valence-corrected chi connectivity index (χ2v) is 6.16. The van der Waals surface area contributed by atoms with Gasteiger partial charge in [-0.05, 0) is 18.3 Å². The number of carbonyl (C=O) groups is 2. The molecular weight excluding hydrogens is 321 g/mol. The molecule has 1 rings (SSSR count). The van der Waals surface area contributed by atoms with Crippen molar-refractivity contribution in [2.75, 3.05) is 13.7 Å². The maximum absolute atomic E-state index is 12.8. The van der Waals surface area contributed by atoms with Gasteiger partial charge >= 0.3 is 35.5 Å². The Labute approximate surface area is 165 Å². The molecule has 0 heterocycles. The van der Waals surface area contributed by atoms with Crippen LogP contribution in [0.25, 0.3) is 0 Å². The van der Waals surface area contributed by atoms with Gasteiger partial charge in [0.15, 0.2) is 5.78 Å². The first-order chi connectivity index (χ1) is 10.8. The molecule has 0 aromatic rings. The summed E-state index contributed by atoms with van der Waals surface area (Å²) in [6.45, 7) is 9.03. The second kappa shape index (κ2) is 10.0. The van der Waals surface area contributed by atoms with Crippen LogP contribution in [0.2, 0.25) is 0 Å². The number of Topliss-reactive ketones (excluding diaryl/α,β-unsaturated/α-hetero) is 1. The SMILES string of the molecule is C=CCO/N=C(\CCC)C1=C([O-])CC(C)(C)C(C(=O)OC)C1=O.[Na+]. The molecule has 0 bridgehead atoms. The zero-order valence-corrected chi connectivity index (χ0v) is 17.2. The number of rotatable bonds is 7. The van der Waals surface area contributed by atoms with Crippen molar-refractivity contribution < 1.29 is 53.8 Å². The van der Waals surface area contributed by atoms with Crippen molar-refractivity contribution in [3.8, 4) is 0 Å². The van der Waals surface area contributed by atoms with Gasteiger partial charge in [0, 0.05) is 5.57 Å². The first kappa shape index (κ1) is 22.9. The zero-order chi connectivity index (χ0) is 17.6. The minimum atomic E-state index is -1.01. The summed E-state index contributed by atoms with van der Waals surface area (Å²) in [7, 11) is 1.23. The van der Waals surface area contributed by atoms with E-state index in [1.165, 1.54) is 13.2 Å². The number of oxime groups is 1. The van der Waals surface area contributed by atoms with Crippen LogP contribution < -0.4 is 34.7 Å². The third-order valence-electron chi connectivity index (χ3n) is 3.76. The number of hydrogen-bond donors (Lipinski definition) is 0. The van der Waals surface area contributed by atoms with Crippen LogP contribution in [0.15, 0.2) is 29.1 Å². The summed E-state index contributed by atoms with van der Waals surface area (Å²) >= 11 is 0. The van der Waals surface area contributed by atoms with Crippen molar-refractivity contribution in [3.63, 3.8) is 0 Å². The molecule has 0 fully saturated rings. The number of hydrogen-bond acceptors (Lipinski definition) is 6. The number of carbonyl (C=O) groups excluding carboxylic acids is 2. The number of ether oxygens (including phenoxy) is 1. The Balaban J connectivity index is 0.00000529. The van der Waals surface area contributed by atoms with Crippen LogP contribution in [-0.4, -0.2) is 31.2 Å². The van der Waals surface area contributed by atoms with Gasteiger partial charge in [-0.3, -0.25) is 9.59 Å². The Kier molecular flexibility index (Phi) is 9.55. The maximum atomic E-state index is 12.8. The van der Waals surface area contributed by atoms with E-state index in [1.54, 1.807) is 13.8 Å². The standard InChI is InChI=1S/C17H25NO5.Na/c1-6-8-11(18-23-9-7-2)13-12(19)10-17(3,4)14(15(13)20)16(21)22-5;/h7,14,19H,2,6,8-10H2,1,3-5H3;/q;+1/p-1/b18-11+;. The molecule has 6 nitrogen and oxygen atoms in total. The Hall–Kier alpha value is -1.11. The molecule has 128 valence electrons. The van der Waals surface area contributed by atoms with E-state index in [0.29, 0.717) is 12.8 Å². The summed E-state index contributed by atoms with van der Waals surface area (Å²) in [5.74, 6) is -2.49. The Morgan fingerprint density at radius 2 is 2.12 bits per heavy atom. The Morgan fingerprint density at radius 1 is 1.50 bits per heavy atom. The minimum Gasteiger partial charge on any atom is -0.875 e. The van der Waals surface area contributed by atoms with Crippen molar-refractivity contribution in [3.05, 3.63) is 24.0 Å². The number of allylic oxidation sites excluding steroid dienone is 2. The third-order valence-corrected chi connectivity index (χ3v) is 3.76. The van der Waals surface area contributed by atoms with Crippen LogP contribution in [0.3, 0.4) is 0 Å². The molecule has 0 aliphatic heterocycles. The molecule has 0 N–H and O–H groups in total. The summed E-state index contributed by atoms with van der Waals surface area (Å²) in [5.41, 5.74) is -0.538. The fourth-order valence-electron chi connectivity index (χ4n) is 2.71. The van der Waals surface area contributed by atoms with E-state index >= 15 is 0 Å². The van der Waals surface area contributed by atoms with Crippen LogP contribution >= 0.6 is 0 Å². The van der Waals surface area contributed by atoms with E-state index in [2.05, 4.69) is 11.7 Å². The smallest absolute Gasteiger partial charge is 0.875 e. The van der Waals surface area contributed by atoms with Crippen LogP contribution in [0.4, 0.5) is 0 Å². The molecule has 0 aromatic carbocycles. The Bertz CT molecular complexity index is 551. The molecule has 1 unspecified atom stereocenters. The average Bonchev–Trinajstić information content (AvgIpc) is 2.45. The van der Waals surface area contributed by atoms with Crippen LogP contribution in [0.5, 0.6) is 0 Å². The fourth-order valence-corrected chi connectivity index (χ4v) is 2.71. The molecule has 7 heteroatoms. The maximum Gasteiger partial charge on any atom is 1.00 e.